The first-order valence-electron chi connectivity index (χ1n) is 5.74. The van der Waals surface area contributed by atoms with Crippen LogP contribution in [0.25, 0.3) is 0 Å². The minimum atomic E-state index is -0.994. The number of aliphatic carboxylic acids is 1. The van der Waals surface area contributed by atoms with Crippen LogP contribution >= 0.6 is 0 Å². The lowest BCUT2D eigenvalue weighted by molar-refractivity contribution is -0.146. The summed E-state index contributed by atoms with van der Waals surface area (Å²) in [7, 11) is 3.05. The summed E-state index contributed by atoms with van der Waals surface area (Å²) in [6.07, 6.45) is 0.0500. The van der Waals surface area contributed by atoms with Gasteiger partial charge in [-0.15, -0.1) is 0 Å². The Bertz CT molecular complexity index is 469. The zero-order valence-electron chi connectivity index (χ0n) is 10.3. The van der Waals surface area contributed by atoms with Gasteiger partial charge in [0.05, 0.1) is 26.2 Å². The van der Waals surface area contributed by atoms with Crippen molar-refractivity contribution in [2.24, 2.45) is 5.92 Å². The second kappa shape index (κ2) is 4.86. The molecule has 0 heterocycles. The summed E-state index contributed by atoms with van der Waals surface area (Å²) in [6, 6.07) is 3.46. The second-order valence-corrected chi connectivity index (χ2v) is 4.33. The largest absolute Gasteiger partial charge is 0.493 e. The van der Waals surface area contributed by atoms with E-state index in [1.165, 1.54) is 7.11 Å². The van der Waals surface area contributed by atoms with Crippen molar-refractivity contribution in [1.82, 2.24) is 0 Å². The summed E-state index contributed by atoms with van der Waals surface area (Å²) in [5.41, 5.74) is 1.53. The maximum atomic E-state index is 11.0. The monoisotopic (exact) mass is 252 g/mol. The standard InChI is InChI=1S/C13H16O5/c1-17-10-5-7-3-4-8(13(15)16)12(14)9(7)6-11(10)18-2/h5-6,8,12,14H,3-4H2,1-2H3,(H,15,16). The molecule has 2 rings (SSSR count). The van der Waals surface area contributed by atoms with Gasteiger partial charge in [0.1, 0.15) is 0 Å². The van der Waals surface area contributed by atoms with Gasteiger partial charge in [0.15, 0.2) is 11.5 Å². The SMILES string of the molecule is COc1cc2c(cc1OC)C(O)C(C(=O)O)CC2. The van der Waals surface area contributed by atoms with Crippen molar-refractivity contribution in [2.45, 2.75) is 18.9 Å². The van der Waals surface area contributed by atoms with E-state index in [2.05, 4.69) is 0 Å². The fourth-order valence-corrected chi connectivity index (χ4v) is 2.37. The lowest BCUT2D eigenvalue weighted by Crippen LogP contribution is -2.27. The minimum Gasteiger partial charge on any atom is -0.493 e. The van der Waals surface area contributed by atoms with Gasteiger partial charge in [-0.2, -0.15) is 0 Å². The molecule has 2 atom stereocenters. The molecule has 0 aliphatic heterocycles. The number of carbonyl (C=O) groups is 1. The number of fused-ring (bicyclic) bond motifs is 1. The molecule has 2 unspecified atom stereocenters. The maximum absolute atomic E-state index is 11.0. The fraction of sp³-hybridized carbons (Fsp3) is 0.462. The van der Waals surface area contributed by atoms with Crippen LogP contribution in [0, 0.1) is 5.92 Å². The zero-order chi connectivity index (χ0) is 13.3. The highest BCUT2D eigenvalue weighted by molar-refractivity contribution is 5.72. The molecule has 2 N–H and O–H groups in total. The van der Waals surface area contributed by atoms with Crippen molar-refractivity contribution in [2.75, 3.05) is 14.2 Å². The molecule has 0 amide bonds. The number of ether oxygens (including phenoxy) is 2. The van der Waals surface area contributed by atoms with Crippen molar-refractivity contribution in [1.29, 1.82) is 0 Å². The van der Waals surface area contributed by atoms with Crippen molar-refractivity contribution < 1.29 is 24.5 Å². The third-order valence-electron chi connectivity index (χ3n) is 3.39. The van der Waals surface area contributed by atoms with Crippen LogP contribution in [0.4, 0.5) is 0 Å². The van der Waals surface area contributed by atoms with Crippen LogP contribution in [0.15, 0.2) is 12.1 Å². The average Bonchev–Trinajstić information content (AvgIpc) is 2.37. The molecule has 0 radical (unpaired) electrons. The molecule has 5 nitrogen and oxygen atoms in total. The highest BCUT2D eigenvalue weighted by Gasteiger charge is 2.34. The molecule has 0 saturated carbocycles. The van der Waals surface area contributed by atoms with Gasteiger partial charge in [-0.05, 0) is 36.1 Å². The van der Waals surface area contributed by atoms with Crippen LogP contribution in [0.1, 0.15) is 23.7 Å². The summed E-state index contributed by atoms with van der Waals surface area (Å²) in [5, 5.41) is 19.1. The Morgan fingerprint density at radius 3 is 2.44 bits per heavy atom. The zero-order valence-corrected chi connectivity index (χ0v) is 10.3. The Balaban J connectivity index is 2.45. The topological polar surface area (TPSA) is 76.0 Å². The third kappa shape index (κ3) is 2.01. The first-order valence-corrected chi connectivity index (χ1v) is 5.74. The average molecular weight is 252 g/mol. The van der Waals surface area contributed by atoms with E-state index in [0.717, 1.165) is 5.56 Å². The second-order valence-electron chi connectivity index (χ2n) is 4.33. The Morgan fingerprint density at radius 2 is 1.89 bits per heavy atom. The lowest BCUT2D eigenvalue weighted by Gasteiger charge is -2.28. The molecule has 1 aliphatic rings. The van der Waals surface area contributed by atoms with E-state index in [4.69, 9.17) is 14.6 Å². The van der Waals surface area contributed by atoms with Crippen molar-refractivity contribution in [3.63, 3.8) is 0 Å². The predicted octanol–water partition coefficient (Wildman–Crippen LogP) is 1.38. The molecule has 1 aromatic carbocycles. The van der Waals surface area contributed by atoms with Crippen molar-refractivity contribution in [3.05, 3.63) is 23.3 Å². The van der Waals surface area contributed by atoms with E-state index >= 15 is 0 Å². The molecule has 5 heteroatoms. The van der Waals surface area contributed by atoms with Crippen LogP contribution in [0.3, 0.4) is 0 Å². The lowest BCUT2D eigenvalue weighted by atomic mass is 9.81. The van der Waals surface area contributed by atoms with Gasteiger partial charge < -0.3 is 19.7 Å². The molecule has 0 spiro atoms. The molecular formula is C13H16O5. The van der Waals surface area contributed by atoms with Gasteiger partial charge in [-0.1, -0.05) is 0 Å². The number of methoxy groups -OCH3 is 2. The van der Waals surface area contributed by atoms with E-state index in [-0.39, 0.29) is 0 Å². The van der Waals surface area contributed by atoms with Crippen LogP contribution in [0.5, 0.6) is 11.5 Å². The molecule has 0 saturated heterocycles. The summed E-state index contributed by atoms with van der Waals surface area (Å²) >= 11 is 0. The normalized spacial score (nSPS) is 22.2. The first kappa shape index (κ1) is 12.7. The molecule has 1 aliphatic carbocycles. The van der Waals surface area contributed by atoms with Gasteiger partial charge in [-0.3, -0.25) is 4.79 Å². The van der Waals surface area contributed by atoms with E-state index in [1.807, 2.05) is 0 Å². The number of aliphatic hydroxyl groups is 1. The molecule has 18 heavy (non-hydrogen) atoms. The van der Waals surface area contributed by atoms with Gasteiger partial charge in [0.2, 0.25) is 0 Å². The smallest absolute Gasteiger partial charge is 0.309 e. The Labute approximate surface area is 105 Å². The molecule has 1 aromatic rings. The van der Waals surface area contributed by atoms with Gasteiger partial charge >= 0.3 is 5.97 Å². The predicted molar refractivity (Wildman–Crippen MR) is 64.0 cm³/mol. The number of aryl methyl sites for hydroxylation is 1. The fourth-order valence-electron chi connectivity index (χ4n) is 2.37. The third-order valence-corrected chi connectivity index (χ3v) is 3.39. The Hall–Kier alpha value is -1.75. The number of hydrogen-bond acceptors (Lipinski definition) is 4. The maximum Gasteiger partial charge on any atom is 0.309 e. The van der Waals surface area contributed by atoms with Crippen LogP contribution < -0.4 is 9.47 Å². The Kier molecular flexibility index (Phi) is 3.43. The highest BCUT2D eigenvalue weighted by Crippen LogP contribution is 2.40. The van der Waals surface area contributed by atoms with Crippen LogP contribution in [-0.4, -0.2) is 30.4 Å². The molecule has 0 bridgehead atoms. The number of carboxylic acids is 1. The number of rotatable bonds is 3. The number of hydrogen-bond donors (Lipinski definition) is 2. The van der Waals surface area contributed by atoms with Gasteiger partial charge in [0.25, 0.3) is 0 Å². The van der Waals surface area contributed by atoms with E-state index < -0.39 is 18.0 Å². The summed E-state index contributed by atoms with van der Waals surface area (Å²) in [6.45, 7) is 0. The first-order chi connectivity index (χ1) is 8.58. The minimum absolute atomic E-state index is 0.430. The van der Waals surface area contributed by atoms with Crippen LogP contribution in [0.2, 0.25) is 0 Å². The molecule has 98 valence electrons. The van der Waals surface area contributed by atoms with Gasteiger partial charge in [-0.25, -0.2) is 0 Å². The highest BCUT2D eigenvalue weighted by atomic mass is 16.5. The quantitative estimate of drug-likeness (QED) is 0.850. The Morgan fingerprint density at radius 1 is 1.28 bits per heavy atom. The van der Waals surface area contributed by atoms with Gasteiger partial charge in [0, 0.05) is 0 Å². The van der Waals surface area contributed by atoms with E-state index in [0.29, 0.717) is 29.9 Å². The summed E-state index contributed by atoms with van der Waals surface area (Å²) in [4.78, 5) is 11.0. The molecular weight excluding hydrogens is 236 g/mol. The number of benzene rings is 1. The van der Waals surface area contributed by atoms with Crippen molar-refractivity contribution >= 4 is 5.97 Å². The van der Waals surface area contributed by atoms with E-state index in [1.54, 1.807) is 19.2 Å². The summed E-state index contributed by atoms with van der Waals surface area (Å²) in [5.74, 6) is -0.628. The van der Waals surface area contributed by atoms with Crippen molar-refractivity contribution in [3.8, 4) is 11.5 Å². The number of carboxylic acid groups (broad SMARTS) is 1. The number of aliphatic hydroxyl groups excluding tert-OH is 1. The summed E-state index contributed by atoms with van der Waals surface area (Å²) < 4.78 is 10.4. The molecule has 0 fully saturated rings. The van der Waals surface area contributed by atoms with Crippen LogP contribution in [-0.2, 0) is 11.2 Å². The molecule has 0 aromatic heterocycles. The van der Waals surface area contributed by atoms with E-state index in [9.17, 15) is 9.90 Å².